The molecule has 0 bridgehead atoms. The predicted molar refractivity (Wildman–Crippen MR) is 99.3 cm³/mol. The van der Waals surface area contributed by atoms with E-state index in [0.29, 0.717) is 29.4 Å². The molecule has 2 aromatic carbocycles. The fourth-order valence-electron chi connectivity index (χ4n) is 2.14. The van der Waals surface area contributed by atoms with Crippen molar-refractivity contribution in [2.45, 2.75) is 6.92 Å². The van der Waals surface area contributed by atoms with Crippen LogP contribution in [0.1, 0.15) is 22.8 Å². The Labute approximate surface area is 161 Å². The molecular weight excluding hydrogens is 366 g/mol. The van der Waals surface area contributed by atoms with Gasteiger partial charge in [0.2, 0.25) is 0 Å². The maximum absolute atomic E-state index is 11.9. The number of carboxylic acids is 1. The Kier molecular flexibility index (Phi) is 7.09. The first-order valence-corrected chi connectivity index (χ1v) is 8.21. The van der Waals surface area contributed by atoms with Crippen LogP contribution < -0.4 is 25.3 Å². The average Bonchev–Trinajstić information content (AvgIpc) is 2.69. The normalized spacial score (nSPS) is 10.4. The lowest BCUT2D eigenvalue weighted by molar-refractivity contribution is -0.255. The van der Waals surface area contributed by atoms with Gasteiger partial charge in [0.1, 0.15) is 11.5 Å². The van der Waals surface area contributed by atoms with E-state index in [0.717, 1.165) is 0 Å². The number of methoxy groups -OCH3 is 1. The summed E-state index contributed by atoms with van der Waals surface area (Å²) in [4.78, 5) is 34.7. The van der Waals surface area contributed by atoms with Crippen molar-refractivity contribution in [3.63, 3.8) is 0 Å². The molecule has 0 fully saturated rings. The van der Waals surface area contributed by atoms with Gasteiger partial charge in [-0.2, -0.15) is 5.10 Å². The Morgan fingerprint density at radius 1 is 1.11 bits per heavy atom. The van der Waals surface area contributed by atoms with Crippen molar-refractivity contribution in [1.29, 1.82) is 0 Å². The molecule has 146 valence electrons. The third-order valence-corrected chi connectivity index (χ3v) is 3.47. The fourth-order valence-corrected chi connectivity index (χ4v) is 2.14. The Morgan fingerprint density at radius 2 is 1.82 bits per heavy atom. The molecule has 0 aliphatic rings. The van der Waals surface area contributed by atoms with E-state index >= 15 is 0 Å². The highest BCUT2D eigenvalue weighted by Crippen LogP contribution is 2.18. The largest absolute Gasteiger partial charge is 0.545 e. The molecule has 0 heterocycles. The molecule has 2 N–H and O–H groups in total. The number of nitrogens with one attached hydrogen (secondary N) is 2. The number of ether oxygens (including phenoxy) is 2. The number of hydrazone groups is 1. The van der Waals surface area contributed by atoms with E-state index in [1.807, 2.05) is 0 Å². The first-order valence-electron chi connectivity index (χ1n) is 8.21. The zero-order valence-corrected chi connectivity index (χ0v) is 15.2. The van der Waals surface area contributed by atoms with E-state index in [9.17, 15) is 19.5 Å². The summed E-state index contributed by atoms with van der Waals surface area (Å²) in [6, 6.07) is 10.5. The maximum atomic E-state index is 11.9. The van der Waals surface area contributed by atoms with Gasteiger partial charge >= 0.3 is 11.8 Å². The van der Waals surface area contributed by atoms with Crippen molar-refractivity contribution in [2.75, 3.05) is 19.0 Å². The standard InChI is InChI=1S/C19H19N3O6/c1-3-28-16-9-4-12(19(25)26)10-13(16)11-20-22-18(24)17(23)21-14-5-7-15(27-2)8-6-14/h4-11H,3H2,1-2H3,(H,21,23)(H,22,24)(H,25,26)/p-1/b20-11-. The number of rotatable bonds is 7. The summed E-state index contributed by atoms with van der Waals surface area (Å²) in [6.45, 7) is 2.11. The quantitative estimate of drug-likeness (QED) is 0.407. The molecule has 0 atom stereocenters. The molecule has 28 heavy (non-hydrogen) atoms. The van der Waals surface area contributed by atoms with Crippen LogP contribution in [-0.4, -0.2) is 37.7 Å². The number of amides is 2. The van der Waals surface area contributed by atoms with E-state index < -0.39 is 17.8 Å². The second kappa shape index (κ2) is 9.72. The topological polar surface area (TPSA) is 129 Å². The van der Waals surface area contributed by atoms with Crippen LogP contribution in [0.15, 0.2) is 47.6 Å². The average molecular weight is 384 g/mol. The first-order chi connectivity index (χ1) is 13.4. The summed E-state index contributed by atoms with van der Waals surface area (Å²) in [5, 5.41) is 17.1. The van der Waals surface area contributed by atoms with Crippen molar-refractivity contribution in [3.05, 3.63) is 53.6 Å². The Morgan fingerprint density at radius 3 is 2.43 bits per heavy atom. The summed E-state index contributed by atoms with van der Waals surface area (Å²) in [7, 11) is 1.51. The zero-order chi connectivity index (χ0) is 20.5. The maximum Gasteiger partial charge on any atom is 0.329 e. The zero-order valence-electron chi connectivity index (χ0n) is 15.2. The van der Waals surface area contributed by atoms with Crippen LogP contribution in [-0.2, 0) is 9.59 Å². The highest BCUT2D eigenvalue weighted by atomic mass is 16.5. The molecular formula is C19H18N3O6-. The van der Waals surface area contributed by atoms with Crippen LogP contribution in [0.4, 0.5) is 5.69 Å². The Bertz CT molecular complexity index is 893. The molecule has 2 aromatic rings. The summed E-state index contributed by atoms with van der Waals surface area (Å²) >= 11 is 0. The van der Waals surface area contributed by atoms with E-state index in [1.165, 1.54) is 31.5 Å². The van der Waals surface area contributed by atoms with Gasteiger partial charge in [0.05, 0.1) is 25.9 Å². The first kappa shape index (κ1) is 20.4. The van der Waals surface area contributed by atoms with Crippen molar-refractivity contribution in [2.24, 2.45) is 5.10 Å². The molecule has 0 saturated heterocycles. The molecule has 0 saturated carbocycles. The molecule has 0 radical (unpaired) electrons. The molecule has 0 aromatic heterocycles. The van der Waals surface area contributed by atoms with Crippen LogP contribution in [0, 0.1) is 0 Å². The number of carbonyl (C=O) groups excluding carboxylic acids is 3. The van der Waals surface area contributed by atoms with Gasteiger partial charge in [0, 0.05) is 11.3 Å². The van der Waals surface area contributed by atoms with Crippen molar-refractivity contribution in [3.8, 4) is 11.5 Å². The highest BCUT2D eigenvalue weighted by molar-refractivity contribution is 6.39. The van der Waals surface area contributed by atoms with E-state index in [-0.39, 0.29) is 5.56 Å². The minimum Gasteiger partial charge on any atom is -0.545 e. The van der Waals surface area contributed by atoms with Crippen LogP contribution in [0.2, 0.25) is 0 Å². The molecule has 2 rings (SSSR count). The molecule has 0 aliphatic carbocycles. The summed E-state index contributed by atoms with van der Waals surface area (Å²) in [5.41, 5.74) is 2.70. The van der Waals surface area contributed by atoms with Gasteiger partial charge in [0.25, 0.3) is 0 Å². The minimum absolute atomic E-state index is 0.0755. The lowest BCUT2D eigenvalue weighted by Crippen LogP contribution is -2.32. The van der Waals surface area contributed by atoms with Gasteiger partial charge in [-0.3, -0.25) is 9.59 Å². The highest BCUT2D eigenvalue weighted by Gasteiger charge is 2.13. The molecule has 2 amide bonds. The molecule has 9 nitrogen and oxygen atoms in total. The lowest BCUT2D eigenvalue weighted by atomic mass is 10.1. The monoisotopic (exact) mass is 384 g/mol. The van der Waals surface area contributed by atoms with Crippen LogP contribution >= 0.6 is 0 Å². The number of nitrogens with zero attached hydrogens (tertiary/aromatic N) is 1. The van der Waals surface area contributed by atoms with Crippen molar-refractivity contribution >= 4 is 29.7 Å². The van der Waals surface area contributed by atoms with Crippen molar-refractivity contribution in [1.82, 2.24) is 5.43 Å². The molecule has 0 spiro atoms. The number of anilines is 1. The van der Waals surface area contributed by atoms with Crippen molar-refractivity contribution < 1.29 is 29.0 Å². The summed E-state index contributed by atoms with van der Waals surface area (Å²) in [5.74, 6) is -2.30. The van der Waals surface area contributed by atoms with Gasteiger partial charge < -0.3 is 24.7 Å². The van der Waals surface area contributed by atoms with Crippen LogP contribution in [0.5, 0.6) is 11.5 Å². The van der Waals surface area contributed by atoms with Gasteiger partial charge in [0.15, 0.2) is 0 Å². The lowest BCUT2D eigenvalue weighted by Gasteiger charge is -2.09. The number of carbonyl (C=O) groups is 3. The summed E-state index contributed by atoms with van der Waals surface area (Å²) < 4.78 is 10.4. The number of hydrogen-bond acceptors (Lipinski definition) is 7. The van der Waals surface area contributed by atoms with E-state index in [1.54, 1.807) is 31.2 Å². The molecule has 0 aliphatic heterocycles. The molecule has 0 unspecified atom stereocenters. The minimum atomic E-state index is -1.36. The van der Waals surface area contributed by atoms with Crippen LogP contribution in [0.25, 0.3) is 0 Å². The number of hydrogen-bond donors (Lipinski definition) is 2. The smallest absolute Gasteiger partial charge is 0.329 e. The summed E-state index contributed by atoms with van der Waals surface area (Å²) in [6.07, 6.45) is 1.18. The second-order valence-corrected chi connectivity index (χ2v) is 5.35. The Hall–Kier alpha value is -3.88. The Balaban J connectivity index is 2.02. The number of benzene rings is 2. The SMILES string of the molecule is CCOc1ccc(C(=O)[O-])cc1/C=N\NC(=O)C(=O)Nc1ccc(OC)cc1. The predicted octanol–water partition coefficient (Wildman–Crippen LogP) is 0.546. The van der Waals surface area contributed by atoms with Gasteiger partial charge in [-0.05, 0) is 55.0 Å². The van der Waals surface area contributed by atoms with Crippen LogP contribution in [0.3, 0.4) is 0 Å². The van der Waals surface area contributed by atoms with E-state index in [2.05, 4.69) is 15.8 Å². The number of carboxylic acid groups (broad SMARTS) is 1. The number of aromatic carboxylic acids is 1. The van der Waals surface area contributed by atoms with Gasteiger partial charge in [-0.1, -0.05) is 0 Å². The third kappa shape index (κ3) is 5.56. The third-order valence-electron chi connectivity index (χ3n) is 3.47. The van der Waals surface area contributed by atoms with E-state index in [4.69, 9.17) is 9.47 Å². The molecule has 9 heteroatoms. The van der Waals surface area contributed by atoms with Gasteiger partial charge in [-0.15, -0.1) is 0 Å². The fraction of sp³-hybridized carbons (Fsp3) is 0.158. The second-order valence-electron chi connectivity index (χ2n) is 5.35. The van der Waals surface area contributed by atoms with Gasteiger partial charge in [-0.25, -0.2) is 5.43 Å².